The zero-order valence-corrected chi connectivity index (χ0v) is 18.9. The monoisotopic (exact) mass is 444 g/mol. The highest BCUT2D eigenvalue weighted by Crippen LogP contribution is 2.25. The van der Waals surface area contributed by atoms with Crippen LogP contribution in [0.5, 0.6) is 0 Å². The topological polar surface area (TPSA) is 121 Å². The van der Waals surface area contributed by atoms with Crippen LogP contribution in [-0.2, 0) is 11.3 Å². The summed E-state index contributed by atoms with van der Waals surface area (Å²) >= 11 is 0. The molecule has 0 saturated heterocycles. The largest absolute Gasteiger partial charge is 0.374 e. The molecule has 3 heterocycles. The molecule has 0 radical (unpaired) electrons. The highest BCUT2D eigenvalue weighted by molar-refractivity contribution is 5.96. The van der Waals surface area contributed by atoms with Gasteiger partial charge in [-0.2, -0.15) is 4.68 Å². The smallest absolute Gasteiger partial charge is 0.251 e. The molecule has 4 rings (SSSR count). The summed E-state index contributed by atoms with van der Waals surface area (Å²) in [4.78, 5) is 26.1. The van der Waals surface area contributed by atoms with E-state index in [1.54, 1.807) is 42.5 Å². The molecular weight excluding hydrogens is 420 g/mol. The SMILES string of the molecule is CO[C@@H](C)c1nnnn1-c1cc(C(=O)NCc2cnc(C)cn2)cc(-c2ccc(C)cn2)c1. The average molecular weight is 444 g/mol. The van der Waals surface area contributed by atoms with Gasteiger partial charge in [-0.05, 0) is 61.0 Å². The first-order valence-corrected chi connectivity index (χ1v) is 10.4. The molecule has 168 valence electrons. The Balaban J connectivity index is 1.71. The third-order valence-electron chi connectivity index (χ3n) is 5.11. The number of aromatic nitrogens is 7. The molecule has 0 fully saturated rings. The summed E-state index contributed by atoms with van der Waals surface area (Å²) in [6.45, 7) is 5.94. The van der Waals surface area contributed by atoms with E-state index in [0.717, 1.165) is 22.5 Å². The lowest BCUT2D eigenvalue weighted by Crippen LogP contribution is -2.24. The second-order valence-electron chi connectivity index (χ2n) is 7.65. The zero-order chi connectivity index (χ0) is 23.4. The number of nitrogens with one attached hydrogen (secondary N) is 1. The Hall–Kier alpha value is -4.05. The van der Waals surface area contributed by atoms with Crippen LogP contribution in [0.2, 0.25) is 0 Å². The third kappa shape index (κ3) is 5.07. The van der Waals surface area contributed by atoms with Gasteiger partial charge in [-0.25, -0.2) is 0 Å². The fraction of sp³-hybridized carbons (Fsp3) is 0.261. The van der Waals surface area contributed by atoms with E-state index in [4.69, 9.17) is 4.74 Å². The quantitative estimate of drug-likeness (QED) is 0.462. The zero-order valence-electron chi connectivity index (χ0n) is 18.9. The molecule has 33 heavy (non-hydrogen) atoms. The Morgan fingerprint density at radius 2 is 1.94 bits per heavy atom. The van der Waals surface area contributed by atoms with E-state index in [9.17, 15) is 4.79 Å². The molecule has 0 saturated carbocycles. The van der Waals surface area contributed by atoms with Crippen molar-refractivity contribution >= 4 is 5.91 Å². The molecular formula is C23H24N8O2. The van der Waals surface area contributed by atoms with Crippen molar-refractivity contribution < 1.29 is 9.53 Å². The van der Waals surface area contributed by atoms with E-state index < -0.39 is 0 Å². The molecule has 1 amide bonds. The maximum atomic E-state index is 13.1. The molecule has 0 unspecified atom stereocenters. The number of hydrogen-bond donors (Lipinski definition) is 1. The number of tetrazole rings is 1. The van der Waals surface area contributed by atoms with Gasteiger partial charge in [0.15, 0.2) is 5.82 Å². The molecule has 0 aliphatic rings. The summed E-state index contributed by atoms with van der Waals surface area (Å²) in [5.74, 6) is 0.259. The Morgan fingerprint density at radius 1 is 1.09 bits per heavy atom. The molecule has 4 aromatic rings. The number of methoxy groups -OCH3 is 1. The lowest BCUT2D eigenvalue weighted by atomic mass is 10.0. The minimum atomic E-state index is -0.335. The van der Waals surface area contributed by atoms with Gasteiger partial charge in [0.05, 0.1) is 35.5 Å². The summed E-state index contributed by atoms with van der Waals surface area (Å²) in [7, 11) is 1.59. The number of aryl methyl sites for hydroxylation is 2. The van der Waals surface area contributed by atoms with Gasteiger partial charge in [0.25, 0.3) is 5.91 Å². The molecule has 1 N–H and O–H groups in total. The molecule has 0 spiro atoms. The average Bonchev–Trinajstić information content (AvgIpc) is 3.33. The van der Waals surface area contributed by atoms with Crippen LogP contribution in [0.1, 0.15) is 46.2 Å². The first-order chi connectivity index (χ1) is 15.9. The van der Waals surface area contributed by atoms with E-state index in [-0.39, 0.29) is 18.6 Å². The maximum absolute atomic E-state index is 13.1. The second kappa shape index (κ2) is 9.61. The number of amides is 1. The standard InChI is InChI=1S/C23H24N8O2/c1-14-5-6-21(26-10-14)17-7-18(23(32)27-13-19-12-24-15(2)11-25-19)9-20(8-17)31-22(16(3)33-4)28-29-30-31/h5-12,16H,13H2,1-4H3,(H,27,32)/t16-/m0/s1. The summed E-state index contributed by atoms with van der Waals surface area (Å²) in [5, 5.41) is 14.9. The van der Waals surface area contributed by atoms with Gasteiger partial charge in [-0.3, -0.25) is 19.7 Å². The Morgan fingerprint density at radius 3 is 2.64 bits per heavy atom. The van der Waals surface area contributed by atoms with Crippen LogP contribution < -0.4 is 5.32 Å². The van der Waals surface area contributed by atoms with E-state index in [0.29, 0.717) is 22.8 Å². The lowest BCUT2D eigenvalue weighted by molar-refractivity contribution is 0.0950. The van der Waals surface area contributed by atoms with Crippen molar-refractivity contribution in [1.29, 1.82) is 0 Å². The Kier molecular flexibility index (Phi) is 6.45. The Bertz CT molecular complexity index is 1250. The number of benzene rings is 1. The van der Waals surface area contributed by atoms with Gasteiger partial charge in [-0.15, -0.1) is 5.10 Å². The number of carbonyl (C=O) groups excluding carboxylic acids is 1. The number of pyridine rings is 1. The number of nitrogens with zero attached hydrogens (tertiary/aromatic N) is 7. The molecule has 0 aliphatic carbocycles. The highest BCUT2D eigenvalue weighted by atomic mass is 16.5. The van der Waals surface area contributed by atoms with Crippen LogP contribution in [0.25, 0.3) is 16.9 Å². The maximum Gasteiger partial charge on any atom is 0.251 e. The fourth-order valence-electron chi connectivity index (χ4n) is 3.17. The first kappa shape index (κ1) is 22.2. The molecule has 1 aromatic carbocycles. The summed E-state index contributed by atoms with van der Waals surface area (Å²) in [6.07, 6.45) is 4.76. The predicted octanol–water partition coefficient (Wildman–Crippen LogP) is 2.77. The Labute approximate surface area is 191 Å². The van der Waals surface area contributed by atoms with Crippen molar-refractivity contribution in [3.8, 4) is 16.9 Å². The number of rotatable bonds is 7. The van der Waals surface area contributed by atoms with Gasteiger partial charge in [0.1, 0.15) is 6.10 Å². The molecule has 1 atom stereocenters. The summed E-state index contributed by atoms with van der Waals surface area (Å²) < 4.78 is 6.95. The van der Waals surface area contributed by atoms with Crippen molar-refractivity contribution in [3.63, 3.8) is 0 Å². The van der Waals surface area contributed by atoms with Crippen molar-refractivity contribution in [3.05, 3.63) is 77.3 Å². The molecule has 3 aromatic heterocycles. The van der Waals surface area contributed by atoms with Crippen molar-refractivity contribution in [2.45, 2.75) is 33.4 Å². The van der Waals surface area contributed by atoms with E-state index in [1.165, 1.54) is 0 Å². The minimum absolute atomic E-state index is 0.255. The second-order valence-corrected chi connectivity index (χ2v) is 7.65. The number of hydrogen-bond acceptors (Lipinski definition) is 8. The summed E-state index contributed by atoms with van der Waals surface area (Å²) in [5.41, 5.74) is 5.09. The third-order valence-corrected chi connectivity index (χ3v) is 5.11. The van der Waals surface area contributed by atoms with Crippen LogP contribution >= 0.6 is 0 Å². The van der Waals surface area contributed by atoms with Gasteiger partial charge in [0, 0.05) is 30.6 Å². The van der Waals surface area contributed by atoms with Crippen molar-refractivity contribution in [1.82, 2.24) is 40.5 Å². The van der Waals surface area contributed by atoms with Gasteiger partial charge >= 0.3 is 0 Å². The molecule has 0 bridgehead atoms. The van der Waals surface area contributed by atoms with Gasteiger partial charge in [0.2, 0.25) is 0 Å². The minimum Gasteiger partial charge on any atom is -0.374 e. The normalized spacial score (nSPS) is 11.9. The lowest BCUT2D eigenvalue weighted by Gasteiger charge is -2.13. The van der Waals surface area contributed by atoms with Crippen LogP contribution in [0.4, 0.5) is 0 Å². The van der Waals surface area contributed by atoms with Crippen LogP contribution in [-0.4, -0.2) is 48.2 Å². The molecule has 0 aliphatic heterocycles. The molecule has 10 nitrogen and oxygen atoms in total. The highest BCUT2D eigenvalue weighted by Gasteiger charge is 2.18. The van der Waals surface area contributed by atoms with Crippen LogP contribution in [0, 0.1) is 13.8 Å². The van der Waals surface area contributed by atoms with E-state index >= 15 is 0 Å². The number of carbonyl (C=O) groups is 1. The summed E-state index contributed by atoms with van der Waals surface area (Å²) in [6, 6.07) is 9.30. The number of ether oxygens (including phenoxy) is 1. The predicted molar refractivity (Wildman–Crippen MR) is 120 cm³/mol. The first-order valence-electron chi connectivity index (χ1n) is 10.4. The fourth-order valence-corrected chi connectivity index (χ4v) is 3.17. The van der Waals surface area contributed by atoms with Gasteiger partial charge in [-0.1, -0.05) is 6.07 Å². The van der Waals surface area contributed by atoms with Crippen LogP contribution in [0.3, 0.4) is 0 Å². The van der Waals surface area contributed by atoms with Crippen molar-refractivity contribution in [2.24, 2.45) is 0 Å². The van der Waals surface area contributed by atoms with E-state index in [2.05, 4.69) is 35.8 Å². The van der Waals surface area contributed by atoms with Crippen molar-refractivity contribution in [2.75, 3.05) is 7.11 Å². The van der Waals surface area contributed by atoms with Gasteiger partial charge < -0.3 is 10.1 Å². The van der Waals surface area contributed by atoms with Crippen LogP contribution in [0.15, 0.2) is 48.9 Å². The molecule has 10 heteroatoms. The van der Waals surface area contributed by atoms with E-state index in [1.807, 2.05) is 39.0 Å².